The summed E-state index contributed by atoms with van der Waals surface area (Å²) >= 11 is 0. The zero-order valence-electron chi connectivity index (χ0n) is 13.3. The molecule has 0 saturated carbocycles. The van der Waals surface area contributed by atoms with Gasteiger partial charge in [0.05, 0.1) is 17.8 Å². The molecule has 2 atom stereocenters. The first-order valence-electron chi connectivity index (χ1n) is 7.42. The monoisotopic (exact) mass is 291 g/mol. The molecule has 1 aliphatic rings. The van der Waals surface area contributed by atoms with Gasteiger partial charge in [-0.05, 0) is 40.1 Å². The van der Waals surface area contributed by atoms with Gasteiger partial charge in [-0.2, -0.15) is 0 Å². The first kappa shape index (κ1) is 16.0. The van der Waals surface area contributed by atoms with Crippen molar-refractivity contribution in [3.8, 4) is 0 Å². The molecule has 2 rings (SSSR count). The van der Waals surface area contributed by atoms with E-state index < -0.39 is 0 Å². The summed E-state index contributed by atoms with van der Waals surface area (Å²) in [4.78, 5) is 14.4. The average Bonchev–Trinajstić information content (AvgIpc) is 2.42. The molecule has 1 heterocycles. The second-order valence-corrected chi connectivity index (χ2v) is 6.61. The molecular weight excluding hydrogens is 266 g/mol. The van der Waals surface area contributed by atoms with Crippen LogP contribution in [0.2, 0.25) is 0 Å². The first-order chi connectivity index (χ1) is 9.87. The Kier molecular flexibility index (Phi) is 5.01. The van der Waals surface area contributed by atoms with Crippen molar-refractivity contribution < 1.29 is 14.3 Å². The highest BCUT2D eigenvalue weighted by atomic mass is 16.6. The normalized spacial score (nSPS) is 24.8. The lowest BCUT2D eigenvalue weighted by Crippen LogP contribution is -2.48. The van der Waals surface area contributed by atoms with Gasteiger partial charge < -0.3 is 14.4 Å². The molecule has 1 aliphatic heterocycles. The van der Waals surface area contributed by atoms with Crippen LogP contribution in [0.5, 0.6) is 0 Å². The Balaban J connectivity index is 2.07. The van der Waals surface area contributed by atoms with Gasteiger partial charge in [0.1, 0.15) is 6.10 Å². The summed E-state index contributed by atoms with van der Waals surface area (Å²) < 4.78 is 11.7. The van der Waals surface area contributed by atoms with Gasteiger partial charge in [-0.15, -0.1) is 0 Å². The summed E-state index contributed by atoms with van der Waals surface area (Å²) in [5.74, 6) is -0.0391. The van der Waals surface area contributed by atoms with Gasteiger partial charge in [0.25, 0.3) is 0 Å². The number of benzene rings is 1. The van der Waals surface area contributed by atoms with Gasteiger partial charge in [0, 0.05) is 18.9 Å². The van der Waals surface area contributed by atoms with Crippen molar-refractivity contribution in [2.45, 2.75) is 32.0 Å². The van der Waals surface area contributed by atoms with Crippen LogP contribution in [-0.2, 0) is 9.47 Å². The van der Waals surface area contributed by atoms with Crippen LogP contribution < -0.4 is 0 Å². The SMILES string of the molecule is CN(C)C[C@H]1COC(C)(C)C[C@@H]1OC(=O)c1ccccc1. The van der Waals surface area contributed by atoms with E-state index in [2.05, 4.69) is 4.90 Å². The molecule has 0 unspecified atom stereocenters. The van der Waals surface area contributed by atoms with Crippen molar-refractivity contribution in [3.05, 3.63) is 35.9 Å². The van der Waals surface area contributed by atoms with E-state index in [0.717, 1.165) is 13.0 Å². The van der Waals surface area contributed by atoms with Gasteiger partial charge in [-0.3, -0.25) is 0 Å². The summed E-state index contributed by atoms with van der Waals surface area (Å²) in [5, 5.41) is 0. The van der Waals surface area contributed by atoms with E-state index in [-0.39, 0.29) is 23.6 Å². The van der Waals surface area contributed by atoms with Crippen LogP contribution in [0.25, 0.3) is 0 Å². The number of hydrogen-bond acceptors (Lipinski definition) is 4. The summed E-state index contributed by atoms with van der Waals surface area (Å²) in [7, 11) is 4.05. The third kappa shape index (κ3) is 4.55. The molecule has 4 heteroatoms. The zero-order chi connectivity index (χ0) is 15.5. The minimum absolute atomic E-state index is 0.108. The maximum Gasteiger partial charge on any atom is 0.338 e. The van der Waals surface area contributed by atoms with Crippen molar-refractivity contribution in [1.29, 1.82) is 0 Å². The van der Waals surface area contributed by atoms with Crippen LogP contribution >= 0.6 is 0 Å². The maximum atomic E-state index is 12.3. The minimum Gasteiger partial charge on any atom is -0.458 e. The summed E-state index contributed by atoms with van der Waals surface area (Å²) in [5.41, 5.74) is 0.357. The van der Waals surface area contributed by atoms with Crippen molar-refractivity contribution >= 4 is 5.97 Å². The number of carbonyl (C=O) groups excluding carboxylic acids is 1. The van der Waals surface area contributed by atoms with Gasteiger partial charge >= 0.3 is 5.97 Å². The molecule has 0 amide bonds. The minimum atomic E-state index is -0.248. The van der Waals surface area contributed by atoms with Crippen molar-refractivity contribution in [1.82, 2.24) is 4.90 Å². The Morgan fingerprint density at radius 3 is 2.62 bits per heavy atom. The van der Waals surface area contributed by atoms with Gasteiger partial charge in [0.15, 0.2) is 0 Å². The fourth-order valence-corrected chi connectivity index (χ4v) is 2.71. The Hall–Kier alpha value is -1.39. The molecular formula is C17H25NO3. The highest BCUT2D eigenvalue weighted by molar-refractivity contribution is 5.89. The summed E-state index contributed by atoms with van der Waals surface area (Å²) in [6.07, 6.45) is 0.619. The van der Waals surface area contributed by atoms with Crippen molar-refractivity contribution in [2.24, 2.45) is 5.92 Å². The second-order valence-electron chi connectivity index (χ2n) is 6.61. The Morgan fingerprint density at radius 2 is 2.00 bits per heavy atom. The van der Waals surface area contributed by atoms with E-state index in [9.17, 15) is 4.79 Å². The molecule has 116 valence electrons. The molecule has 1 saturated heterocycles. The third-order valence-corrected chi connectivity index (χ3v) is 3.77. The molecule has 0 bridgehead atoms. The molecule has 4 nitrogen and oxygen atoms in total. The van der Waals surface area contributed by atoms with E-state index in [1.165, 1.54) is 0 Å². The molecule has 0 spiro atoms. The van der Waals surface area contributed by atoms with E-state index in [1.807, 2.05) is 46.1 Å². The summed E-state index contributed by atoms with van der Waals surface area (Å²) in [6.45, 7) is 5.56. The fraction of sp³-hybridized carbons (Fsp3) is 0.588. The van der Waals surface area contributed by atoms with Crippen LogP contribution in [0.15, 0.2) is 30.3 Å². The molecule has 0 N–H and O–H groups in total. The van der Waals surface area contributed by atoms with Crippen LogP contribution in [0.1, 0.15) is 30.6 Å². The molecule has 21 heavy (non-hydrogen) atoms. The number of ether oxygens (including phenoxy) is 2. The topological polar surface area (TPSA) is 38.8 Å². The third-order valence-electron chi connectivity index (χ3n) is 3.77. The molecule has 1 aromatic carbocycles. The molecule has 1 fully saturated rings. The van der Waals surface area contributed by atoms with Gasteiger partial charge in [-0.1, -0.05) is 18.2 Å². The molecule has 1 aromatic rings. The van der Waals surface area contributed by atoms with Crippen LogP contribution in [0, 0.1) is 5.92 Å². The van der Waals surface area contributed by atoms with Crippen LogP contribution in [0.3, 0.4) is 0 Å². The molecule has 0 radical (unpaired) electrons. The largest absolute Gasteiger partial charge is 0.458 e. The first-order valence-corrected chi connectivity index (χ1v) is 7.42. The van der Waals surface area contributed by atoms with Gasteiger partial charge in [-0.25, -0.2) is 4.79 Å². The Morgan fingerprint density at radius 1 is 1.33 bits per heavy atom. The van der Waals surface area contributed by atoms with Gasteiger partial charge in [0.2, 0.25) is 0 Å². The van der Waals surface area contributed by atoms with E-state index in [0.29, 0.717) is 12.2 Å². The highest BCUT2D eigenvalue weighted by Gasteiger charge is 2.38. The lowest BCUT2D eigenvalue weighted by atomic mass is 9.88. The number of hydrogen-bond donors (Lipinski definition) is 0. The zero-order valence-corrected chi connectivity index (χ0v) is 13.3. The number of esters is 1. The van der Waals surface area contributed by atoms with E-state index in [4.69, 9.17) is 9.47 Å². The predicted molar refractivity (Wildman–Crippen MR) is 82.3 cm³/mol. The second kappa shape index (κ2) is 6.58. The Labute approximate surface area is 127 Å². The fourth-order valence-electron chi connectivity index (χ4n) is 2.71. The maximum absolute atomic E-state index is 12.3. The van der Waals surface area contributed by atoms with Crippen molar-refractivity contribution in [2.75, 3.05) is 27.2 Å². The lowest BCUT2D eigenvalue weighted by molar-refractivity contribution is -0.135. The predicted octanol–water partition coefficient (Wildman–Crippen LogP) is 2.59. The lowest BCUT2D eigenvalue weighted by Gasteiger charge is -2.41. The standard InChI is InChI=1S/C17H25NO3/c1-17(2)10-15(14(12-20-17)11-18(3)4)21-16(19)13-8-6-5-7-9-13/h5-9,14-15H,10-12H2,1-4H3/t14-,15-/m0/s1. The number of nitrogens with zero attached hydrogens (tertiary/aromatic N) is 1. The van der Waals surface area contributed by atoms with E-state index >= 15 is 0 Å². The number of rotatable bonds is 4. The van der Waals surface area contributed by atoms with E-state index in [1.54, 1.807) is 12.1 Å². The van der Waals surface area contributed by atoms with Crippen LogP contribution in [-0.4, -0.2) is 49.8 Å². The average molecular weight is 291 g/mol. The van der Waals surface area contributed by atoms with Crippen LogP contribution in [0.4, 0.5) is 0 Å². The summed E-state index contributed by atoms with van der Waals surface area (Å²) in [6, 6.07) is 9.16. The Bertz CT molecular complexity index is 470. The van der Waals surface area contributed by atoms with Crippen molar-refractivity contribution in [3.63, 3.8) is 0 Å². The number of carbonyl (C=O) groups is 1. The quantitative estimate of drug-likeness (QED) is 0.799. The smallest absolute Gasteiger partial charge is 0.338 e. The molecule has 0 aromatic heterocycles. The highest BCUT2D eigenvalue weighted by Crippen LogP contribution is 2.30. The molecule has 0 aliphatic carbocycles.